The van der Waals surface area contributed by atoms with Crippen LogP contribution < -0.4 is 10.6 Å². The Morgan fingerprint density at radius 3 is 3.07 bits per heavy atom. The highest BCUT2D eigenvalue weighted by atomic mass is 16.5. The van der Waals surface area contributed by atoms with E-state index in [2.05, 4.69) is 25.8 Å². The quantitative estimate of drug-likeness (QED) is 0.520. The number of aryl methyl sites for hydroxylation is 1. The third kappa shape index (κ3) is 3.50. The van der Waals surface area contributed by atoms with Crippen LogP contribution in [0.5, 0.6) is 0 Å². The minimum atomic E-state index is -0.242. The number of amides is 1. The molecule has 2 N–H and O–H groups in total. The summed E-state index contributed by atoms with van der Waals surface area (Å²) in [5.41, 5.74) is 3.51. The Bertz CT molecular complexity index is 1210. The number of imidazole rings is 1. The van der Waals surface area contributed by atoms with Crippen molar-refractivity contribution >= 4 is 28.9 Å². The minimum Gasteiger partial charge on any atom is -0.368 e. The molecular formula is C21H20N6O3. The molecule has 5 rings (SSSR count). The number of anilines is 3. The minimum absolute atomic E-state index is 0.133. The zero-order valence-electron chi connectivity index (χ0n) is 16.3. The molecule has 1 atom stereocenters. The van der Waals surface area contributed by atoms with E-state index in [1.165, 1.54) is 0 Å². The number of pyridine rings is 1. The molecule has 1 aliphatic rings. The standard InChI is InChI=1S/C21H20N6O3/c1-13-7-8-14(23-21-25-20(30-26-21)17-5-4-10-29-17)11-15(13)24-19(28)16-12-22-18-6-2-3-9-27(16)18/h2-3,6-9,11-12,17H,4-5,10H2,1H3,(H,23,26)(H,24,28)/t17-/m0/s1. The van der Waals surface area contributed by atoms with E-state index >= 15 is 0 Å². The maximum atomic E-state index is 12.8. The molecule has 1 aliphatic heterocycles. The first-order valence-electron chi connectivity index (χ1n) is 9.74. The van der Waals surface area contributed by atoms with Crippen LogP contribution in [0.2, 0.25) is 0 Å². The number of rotatable bonds is 5. The van der Waals surface area contributed by atoms with Crippen molar-refractivity contribution in [2.75, 3.05) is 17.2 Å². The van der Waals surface area contributed by atoms with Crippen LogP contribution in [0.3, 0.4) is 0 Å². The van der Waals surface area contributed by atoms with Gasteiger partial charge in [-0.3, -0.25) is 9.20 Å². The zero-order valence-corrected chi connectivity index (χ0v) is 16.3. The van der Waals surface area contributed by atoms with E-state index in [0.29, 0.717) is 35.5 Å². The van der Waals surface area contributed by atoms with Crippen molar-refractivity contribution in [3.8, 4) is 0 Å². The molecule has 0 bridgehead atoms. The zero-order chi connectivity index (χ0) is 20.5. The lowest BCUT2D eigenvalue weighted by Gasteiger charge is -2.11. The monoisotopic (exact) mass is 404 g/mol. The highest BCUT2D eigenvalue weighted by Crippen LogP contribution is 2.29. The van der Waals surface area contributed by atoms with Gasteiger partial charge in [0.1, 0.15) is 17.4 Å². The molecular weight excluding hydrogens is 384 g/mol. The van der Waals surface area contributed by atoms with Gasteiger partial charge in [0.2, 0.25) is 0 Å². The van der Waals surface area contributed by atoms with Gasteiger partial charge < -0.3 is 19.9 Å². The van der Waals surface area contributed by atoms with Gasteiger partial charge in [-0.1, -0.05) is 12.1 Å². The fraction of sp³-hybridized carbons (Fsp3) is 0.238. The summed E-state index contributed by atoms with van der Waals surface area (Å²) in [7, 11) is 0. The summed E-state index contributed by atoms with van der Waals surface area (Å²) in [6.45, 7) is 2.64. The molecule has 0 aliphatic carbocycles. The summed E-state index contributed by atoms with van der Waals surface area (Å²) < 4.78 is 12.6. The number of benzene rings is 1. The Balaban J connectivity index is 1.34. The lowest BCUT2D eigenvalue weighted by molar-refractivity contribution is 0.0835. The average Bonchev–Trinajstić information content (AvgIpc) is 3.50. The van der Waals surface area contributed by atoms with E-state index in [1.807, 2.05) is 49.5 Å². The van der Waals surface area contributed by atoms with Gasteiger partial charge in [0, 0.05) is 24.2 Å². The number of carbonyl (C=O) groups is 1. The molecule has 9 heteroatoms. The van der Waals surface area contributed by atoms with Crippen LogP contribution in [0.4, 0.5) is 17.3 Å². The molecule has 9 nitrogen and oxygen atoms in total. The Kier molecular flexibility index (Phi) is 4.64. The van der Waals surface area contributed by atoms with Crippen molar-refractivity contribution in [3.63, 3.8) is 0 Å². The predicted molar refractivity (Wildman–Crippen MR) is 110 cm³/mol. The summed E-state index contributed by atoms with van der Waals surface area (Å²) in [6, 6.07) is 11.2. The van der Waals surface area contributed by atoms with Gasteiger partial charge in [0.25, 0.3) is 17.7 Å². The first kappa shape index (κ1) is 18.3. The highest BCUT2D eigenvalue weighted by molar-refractivity contribution is 6.04. The summed E-state index contributed by atoms with van der Waals surface area (Å²) in [5.74, 6) is 0.584. The van der Waals surface area contributed by atoms with Crippen molar-refractivity contribution in [2.45, 2.75) is 25.9 Å². The summed E-state index contributed by atoms with van der Waals surface area (Å²) in [4.78, 5) is 21.4. The molecule has 152 valence electrons. The normalized spacial score (nSPS) is 16.1. The number of nitrogens with one attached hydrogen (secondary N) is 2. The van der Waals surface area contributed by atoms with Crippen molar-refractivity contribution in [1.29, 1.82) is 0 Å². The summed E-state index contributed by atoms with van der Waals surface area (Å²) in [6.07, 6.45) is 5.11. The fourth-order valence-corrected chi connectivity index (χ4v) is 3.44. The van der Waals surface area contributed by atoms with Gasteiger partial charge in [-0.25, -0.2) is 4.98 Å². The first-order chi connectivity index (χ1) is 14.7. The van der Waals surface area contributed by atoms with Crippen molar-refractivity contribution in [2.24, 2.45) is 0 Å². The van der Waals surface area contributed by atoms with E-state index < -0.39 is 0 Å². The third-order valence-corrected chi connectivity index (χ3v) is 5.04. The van der Waals surface area contributed by atoms with Crippen LogP contribution in [0.1, 0.15) is 40.9 Å². The van der Waals surface area contributed by atoms with E-state index in [0.717, 1.165) is 24.1 Å². The van der Waals surface area contributed by atoms with Crippen molar-refractivity contribution in [3.05, 3.63) is 65.9 Å². The van der Waals surface area contributed by atoms with Gasteiger partial charge in [0.05, 0.1) is 6.20 Å². The molecule has 0 radical (unpaired) electrons. The Hall–Kier alpha value is -3.72. The van der Waals surface area contributed by atoms with Crippen LogP contribution in [-0.2, 0) is 4.74 Å². The molecule has 4 aromatic rings. The largest absolute Gasteiger partial charge is 0.368 e. The van der Waals surface area contributed by atoms with Gasteiger partial charge >= 0.3 is 0 Å². The van der Waals surface area contributed by atoms with E-state index in [1.54, 1.807) is 10.6 Å². The van der Waals surface area contributed by atoms with Crippen LogP contribution in [0.15, 0.2) is 53.3 Å². The molecule has 0 saturated carbocycles. The fourth-order valence-electron chi connectivity index (χ4n) is 3.44. The number of fused-ring (bicyclic) bond motifs is 1. The number of carbonyl (C=O) groups excluding carboxylic acids is 1. The van der Waals surface area contributed by atoms with E-state index in [-0.39, 0.29) is 12.0 Å². The van der Waals surface area contributed by atoms with Gasteiger partial charge in [-0.15, -0.1) is 0 Å². The van der Waals surface area contributed by atoms with Crippen molar-refractivity contribution < 1.29 is 14.1 Å². The molecule has 0 unspecified atom stereocenters. The van der Waals surface area contributed by atoms with Crippen LogP contribution in [0.25, 0.3) is 5.65 Å². The summed E-state index contributed by atoms with van der Waals surface area (Å²) in [5, 5.41) is 10.0. The highest BCUT2D eigenvalue weighted by Gasteiger charge is 2.24. The molecule has 0 spiro atoms. The van der Waals surface area contributed by atoms with Crippen LogP contribution in [-0.4, -0.2) is 32.0 Å². The summed E-state index contributed by atoms with van der Waals surface area (Å²) >= 11 is 0. The second kappa shape index (κ2) is 7.60. The number of hydrogen-bond acceptors (Lipinski definition) is 7. The van der Waals surface area contributed by atoms with E-state index in [9.17, 15) is 4.79 Å². The van der Waals surface area contributed by atoms with Gasteiger partial charge in [-0.2, -0.15) is 4.98 Å². The molecule has 1 amide bonds. The number of aromatic nitrogens is 4. The second-order valence-corrected chi connectivity index (χ2v) is 7.14. The molecule has 1 aromatic carbocycles. The molecule has 1 fully saturated rings. The lowest BCUT2D eigenvalue weighted by Crippen LogP contribution is -2.15. The maximum Gasteiger partial charge on any atom is 0.274 e. The Morgan fingerprint density at radius 1 is 1.27 bits per heavy atom. The lowest BCUT2D eigenvalue weighted by atomic mass is 10.1. The molecule has 3 aromatic heterocycles. The van der Waals surface area contributed by atoms with Crippen molar-refractivity contribution in [1.82, 2.24) is 19.5 Å². The second-order valence-electron chi connectivity index (χ2n) is 7.14. The molecule has 4 heterocycles. The number of nitrogens with zero attached hydrogens (tertiary/aromatic N) is 4. The SMILES string of the molecule is Cc1ccc(Nc2noc([C@@H]3CCCO3)n2)cc1NC(=O)c1cnc2ccccn12. The molecule has 1 saturated heterocycles. The van der Waals surface area contributed by atoms with Crippen LogP contribution >= 0.6 is 0 Å². The Labute approximate surface area is 172 Å². The first-order valence-corrected chi connectivity index (χ1v) is 9.74. The number of hydrogen-bond donors (Lipinski definition) is 2. The predicted octanol–water partition coefficient (Wildman–Crippen LogP) is 3.87. The number of ether oxygens (including phenoxy) is 1. The Morgan fingerprint density at radius 2 is 2.20 bits per heavy atom. The van der Waals surface area contributed by atoms with Gasteiger partial charge in [0.15, 0.2) is 0 Å². The topological polar surface area (TPSA) is 107 Å². The maximum absolute atomic E-state index is 12.8. The smallest absolute Gasteiger partial charge is 0.274 e. The molecule has 30 heavy (non-hydrogen) atoms. The van der Waals surface area contributed by atoms with Gasteiger partial charge in [-0.05, 0) is 54.8 Å². The van der Waals surface area contributed by atoms with E-state index in [4.69, 9.17) is 9.26 Å². The average molecular weight is 404 g/mol. The van der Waals surface area contributed by atoms with Crippen LogP contribution in [0, 0.1) is 6.92 Å². The third-order valence-electron chi connectivity index (χ3n) is 5.04.